The van der Waals surface area contributed by atoms with Crippen LogP contribution in [0.1, 0.15) is 26.4 Å². The van der Waals surface area contributed by atoms with Gasteiger partial charge in [0, 0.05) is 37.9 Å². The highest BCUT2D eigenvalue weighted by Crippen LogP contribution is 2.30. The number of aryl methyl sites for hydroxylation is 1. The number of ether oxygens (including phenoxy) is 1. The fourth-order valence-electron chi connectivity index (χ4n) is 3.72. The number of pyridine rings is 1. The number of hydrogen-bond acceptors (Lipinski definition) is 5. The van der Waals surface area contributed by atoms with E-state index in [2.05, 4.69) is 9.97 Å². The molecule has 1 aliphatic heterocycles. The van der Waals surface area contributed by atoms with Gasteiger partial charge in [0.15, 0.2) is 0 Å². The molecule has 2 aromatic heterocycles. The SMILES string of the molecule is COc1cnc(C)c2[nH]cc(C(=O)C(=O)N3CCN(C(=O)c4ccccc4)CC3)c12. The van der Waals surface area contributed by atoms with Crippen molar-refractivity contribution in [3.05, 3.63) is 59.5 Å². The van der Waals surface area contributed by atoms with Crippen LogP contribution >= 0.6 is 0 Å². The largest absolute Gasteiger partial charge is 0.494 e. The molecule has 3 heterocycles. The van der Waals surface area contributed by atoms with Gasteiger partial charge in [-0.3, -0.25) is 19.4 Å². The van der Waals surface area contributed by atoms with Gasteiger partial charge in [-0.15, -0.1) is 0 Å². The molecule has 30 heavy (non-hydrogen) atoms. The van der Waals surface area contributed by atoms with E-state index >= 15 is 0 Å². The number of carbonyl (C=O) groups is 3. The van der Waals surface area contributed by atoms with Gasteiger partial charge in [0.05, 0.1) is 35.5 Å². The number of H-pyrrole nitrogens is 1. The maximum Gasteiger partial charge on any atom is 0.295 e. The number of amides is 2. The molecule has 4 rings (SSSR count). The minimum Gasteiger partial charge on any atom is -0.494 e. The maximum atomic E-state index is 13.0. The van der Waals surface area contributed by atoms with Crippen LogP contribution in [0.5, 0.6) is 5.75 Å². The minimum atomic E-state index is -0.604. The smallest absolute Gasteiger partial charge is 0.295 e. The summed E-state index contributed by atoms with van der Waals surface area (Å²) < 4.78 is 5.34. The Labute approximate surface area is 173 Å². The number of benzene rings is 1. The summed E-state index contributed by atoms with van der Waals surface area (Å²) in [5.74, 6) is -0.822. The minimum absolute atomic E-state index is 0.0710. The number of fused-ring (bicyclic) bond motifs is 1. The molecule has 0 atom stereocenters. The molecule has 0 radical (unpaired) electrons. The molecule has 1 fully saturated rings. The number of hydrogen-bond donors (Lipinski definition) is 1. The molecular formula is C22H22N4O4. The molecule has 3 aromatic rings. The molecule has 2 amide bonds. The van der Waals surface area contributed by atoms with E-state index in [1.165, 1.54) is 18.2 Å². The van der Waals surface area contributed by atoms with Crippen LogP contribution in [-0.4, -0.2) is 70.7 Å². The monoisotopic (exact) mass is 406 g/mol. The lowest BCUT2D eigenvalue weighted by Gasteiger charge is -2.34. The average molecular weight is 406 g/mol. The second-order valence-electron chi connectivity index (χ2n) is 7.14. The zero-order valence-electron chi connectivity index (χ0n) is 16.8. The Bertz CT molecular complexity index is 1110. The highest BCUT2D eigenvalue weighted by molar-refractivity contribution is 6.45. The number of nitrogens with one attached hydrogen (secondary N) is 1. The van der Waals surface area contributed by atoms with E-state index in [9.17, 15) is 14.4 Å². The first-order valence-corrected chi connectivity index (χ1v) is 9.70. The van der Waals surface area contributed by atoms with Crippen LogP contribution in [0.3, 0.4) is 0 Å². The number of ketones is 1. The Balaban J connectivity index is 1.49. The van der Waals surface area contributed by atoms with Gasteiger partial charge >= 0.3 is 0 Å². The van der Waals surface area contributed by atoms with Crippen LogP contribution in [0, 0.1) is 6.92 Å². The molecule has 0 unspecified atom stereocenters. The number of piperazine rings is 1. The molecule has 0 aliphatic carbocycles. The van der Waals surface area contributed by atoms with Crippen LogP contribution in [0.25, 0.3) is 10.9 Å². The highest BCUT2D eigenvalue weighted by Gasteiger charge is 2.31. The van der Waals surface area contributed by atoms with Gasteiger partial charge < -0.3 is 19.5 Å². The summed E-state index contributed by atoms with van der Waals surface area (Å²) in [7, 11) is 1.50. The number of rotatable bonds is 4. The van der Waals surface area contributed by atoms with E-state index < -0.39 is 11.7 Å². The summed E-state index contributed by atoms with van der Waals surface area (Å²) >= 11 is 0. The number of nitrogens with zero attached hydrogens (tertiary/aromatic N) is 3. The first kappa shape index (κ1) is 19.6. The number of carbonyl (C=O) groups excluding carboxylic acids is 3. The van der Waals surface area contributed by atoms with Crippen LogP contribution in [-0.2, 0) is 4.79 Å². The Morgan fingerprint density at radius 2 is 1.70 bits per heavy atom. The topological polar surface area (TPSA) is 95.6 Å². The number of Topliss-reactive ketones (excluding diaryl/α,β-unsaturated/α-hetero) is 1. The van der Waals surface area contributed by atoms with E-state index in [4.69, 9.17) is 4.74 Å². The third-order valence-corrected chi connectivity index (χ3v) is 5.40. The zero-order valence-corrected chi connectivity index (χ0v) is 16.8. The van der Waals surface area contributed by atoms with Crippen LogP contribution in [0.15, 0.2) is 42.7 Å². The Hall–Kier alpha value is -3.68. The number of methoxy groups -OCH3 is 1. The zero-order chi connectivity index (χ0) is 21.3. The standard InChI is InChI=1S/C22H22N4O4/c1-14-19-18(17(30-2)13-23-14)16(12-24-19)20(27)22(29)26-10-8-25(9-11-26)21(28)15-6-4-3-5-7-15/h3-7,12-13,24H,8-11H2,1-2H3. The van der Waals surface area contributed by atoms with Crippen LogP contribution in [0.4, 0.5) is 0 Å². The molecule has 8 nitrogen and oxygen atoms in total. The average Bonchev–Trinajstić information content (AvgIpc) is 3.25. The highest BCUT2D eigenvalue weighted by atomic mass is 16.5. The van der Waals surface area contributed by atoms with Gasteiger partial charge in [-0.05, 0) is 19.1 Å². The first-order chi connectivity index (χ1) is 14.5. The van der Waals surface area contributed by atoms with Crippen molar-refractivity contribution in [1.29, 1.82) is 0 Å². The predicted molar refractivity (Wildman–Crippen MR) is 111 cm³/mol. The molecule has 1 N–H and O–H groups in total. The van der Waals surface area contributed by atoms with E-state index in [0.717, 1.165) is 0 Å². The molecule has 0 bridgehead atoms. The summed E-state index contributed by atoms with van der Waals surface area (Å²) in [6.45, 7) is 3.20. The lowest BCUT2D eigenvalue weighted by molar-refractivity contribution is -0.127. The summed E-state index contributed by atoms with van der Waals surface area (Å²) in [6.07, 6.45) is 3.07. The molecule has 1 aromatic carbocycles. The number of aromatic nitrogens is 2. The van der Waals surface area contributed by atoms with Crippen molar-refractivity contribution in [3.8, 4) is 5.75 Å². The van der Waals surface area contributed by atoms with E-state index in [-0.39, 0.29) is 11.5 Å². The summed E-state index contributed by atoms with van der Waals surface area (Å²) in [6, 6.07) is 9.03. The normalized spacial score (nSPS) is 14.1. The summed E-state index contributed by atoms with van der Waals surface area (Å²) in [5, 5.41) is 0.557. The molecular weight excluding hydrogens is 384 g/mol. The van der Waals surface area contributed by atoms with Gasteiger partial charge in [0.2, 0.25) is 0 Å². The predicted octanol–water partition coefficient (Wildman–Crippen LogP) is 2.05. The van der Waals surface area contributed by atoms with Crippen molar-refractivity contribution in [1.82, 2.24) is 19.8 Å². The second-order valence-corrected chi connectivity index (χ2v) is 7.14. The van der Waals surface area contributed by atoms with Crippen molar-refractivity contribution in [2.45, 2.75) is 6.92 Å². The molecule has 0 spiro atoms. The summed E-state index contributed by atoms with van der Waals surface area (Å²) in [5.41, 5.74) is 2.26. The van der Waals surface area contributed by atoms with Crippen molar-refractivity contribution in [2.24, 2.45) is 0 Å². The van der Waals surface area contributed by atoms with E-state index in [1.54, 1.807) is 23.2 Å². The van der Waals surface area contributed by atoms with Crippen molar-refractivity contribution in [2.75, 3.05) is 33.3 Å². The van der Waals surface area contributed by atoms with Gasteiger partial charge in [-0.25, -0.2) is 0 Å². The Kier molecular flexibility index (Phi) is 5.22. The lowest BCUT2D eigenvalue weighted by Crippen LogP contribution is -2.52. The number of aromatic amines is 1. The van der Waals surface area contributed by atoms with E-state index in [0.29, 0.717) is 54.1 Å². The van der Waals surface area contributed by atoms with Crippen LogP contribution < -0.4 is 4.74 Å². The van der Waals surface area contributed by atoms with Gasteiger partial charge in [-0.2, -0.15) is 0 Å². The Morgan fingerprint density at radius 1 is 1.03 bits per heavy atom. The van der Waals surface area contributed by atoms with Crippen molar-refractivity contribution in [3.63, 3.8) is 0 Å². The van der Waals surface area contributed by atoms with Gasteiger partial charge in [0.1, 0.15) is 5.75 Å². The molecule has 0 saturated carbocycles. The maximum absolute atomic E-state index is 13.0. The third kappa shape index (κ3) is 3.41. The molecule has 154 valence electrons. The fourth-order valence-corrected chi connectivity index (χ4v) is 3.72. The third-order valence-electron chi connectivity index (χ3n) is 5.40. The molecule has 8 heteroatoms. The van der Waals surface area contributed by atoms with Crippen LogP contribution in [0.2, 0.25) is 0 Å². The quantitative estimate of drug-likeness (QED) is 0.529. The fraction of sp³-hybridized carbons (Fsp3) is 0.273. The molecule has 1 aliphatic rings. The summed E-state index contributed by atoms with van der Waals surface area (Å²) in [4.78, 5) is 48.9. The first-order valence-electron chi connectivity index (χ1n) is 9.70. The van der Waals surface area contributed by atoms with Crippen molar-refractivity contribution >= 4 is 28.5 Å². The van der Waals surface area contributed by atoms with E-state index in [1.807, 2.05) is 25.1 Å². The second kappa shape index (κ2) is 7.98. The van der Waals surface area contributed by atoms with Gasteiger partial charge in [-0.1, -0.05) is 18.2 Å². The van der Waals surface area contributed by atoms with Gasteiger partial charge in [0.25, 0.3) is 17.6 Å². The van der Waals surface area contributed by atoms with Crippen molar-refractivity contribution < 1.29 is 19.1 Å². The Morgan fingerprint density at radius 3 is 2.37 bits per heavy atom. The lowest BCUT2D eigenvalue weighted by atomic mass is 10.1. The molecule has 1 saturated heterocycles.